The van der Waals surface area contributed by atoms with E-state index in [2.05, 4.69) is 24.8 Å². The van der Waals surface area contributed by atoms with Crippen LogP contribution in [0.15, 0.2) is 28.0 Å². The lowest BCUT2D eigenvalue weighted by molar-refractivity contribution is -0.120. The van der Waals surface area contributed by atoms with E-state index in [0.717, 1.165) is 38.5 Å². The Morgan fingerprint density at radius 2 is 1.82 bits per heavy atom. The summed E-state index contributed by atoms with van der Waals surface area (Å²) in [5, 5.41) is 0. The molecular formula is C23H34N8O3. The van der Waals surface area contributed by atoms with E-state index in [1.165, 1.54) is 4.57 Å². The largest absolute Gasteiger partial charge is 0.383 e. The number of nitrogens with two attached hydrogens (primary N) is 1. The van der Waals surface area contributed by atoms with Crippen LogP contribution in [0.5, 0.6) is 0 Å². The predicted molar refractivity (Wildman–Crippen MR) is 131 cm³/mol. The van der Waals surface area contributed by atoms with Gasteiger partial charge < -0.3 is 15.5 Å². The van der Waals surface area contributed by atoms with Crippen LogP contribution in [0.2, 0.25) is 0 Å². The number of aromatic amines is 1. The fourth-order valence-corrected chi connectivity index (χ4v) is 4.85. The second-order valence-corrected chi connectivity index (χ2v) is 9.01. The van der Waals surface area contributed by atoms with Gasteiger partial charge in [-0.15, -0.1) is 0 Å². The highest BCUT2D eigenvalue weighted by Gasteiger charge is 2.33. The minimum absolute atomic E-state index is 0.0773. The first kappa shape index (κ1) is 23.9. The Kier molecular flexibility index (Phi) is 7.61. The fourth-order valence-electron chi connectivity index (χ4n) is 4.85. The van der Waals surface area contributed by atoms with Crippen LogP contribution < -0.4 is 26.8 Å². The molecule has 2 aromatic rings. The molecule has 0 atom stereocenters. The smallest absolute Gasteiger partial charge is 0.330 e. The van der Waals surface area contributed by atoms with Crippen molar-refractivity contribution in [3.05, 3.63) is 39.3 Å². The van der Waals surface area contributed by atoms with Crippen LogP contribution in [-0.2, 0) is 11.3 Å². The molecule has 11 heteroatoms. The van der Waals surface area contributed by atoms with Crippen molar-refractivity contribution in [3.8, 4) is 0 Å². The van der Waals surface area contributed by atoms with Crippen molar-refractivity contribution in [2.45, 2.75) is 58.0 Å². The quantitative estimate of drug-likeness (QED) is 0.579. The van der Waals surface area contributed by atoms with Gasteiger partial charge in [0.1, 0.15) is 5.82 Å². The Balaban J connectivity index is 1.54. The lowest BCUT2D eigenvalue weighted by Gasteiger charge is -2.36. The van der Waals surface area contributed by atoms with Crippen molar-refractivity contribution < 1.29 is 4.79 Å². The number of nitrogens with zero attached hydrogens (tertiary/aromatic N) is 6. The third kappa shape index (κ3) is 5.14. The summed E-state index contributed by atoms with van der Waals surface area (Å²) in [5.41, 5.74) is 5.35. The second kappa shape index (κ2) is 10.8. The minimum Gasteiger partial charge on any atom is -0.383 e. The van der Waals surface area contributed by atoms with E-state index in [0.29, 0.717) is 38.7 Å². The molecule has 0 radical (unpaired) electrons. The molecule has 0 spiro atoms. The molecule has 1 aliphatic carbocycles. The van der Waals surface area contributed by atoms with Gasteiger partial charge in [0.05, 0.1) is 6.54 Å². The highest BCUT2D eigenvalue weighted by Crippen LogP contribution is 2.29. The zero-order valence-corrected chi connectivity index (χ0v) is 19.8. The van der Waals surface area contributed by atoms with Crippen molar-refractivity contribution >= 4 is 23.4 Å². The Labute approximate surface area is 198 Å². The summed E-state index contributed by atoms with van der Waals surface area (Å²) in [4.78, 5) is 55.7. The summed E-state index contributed by atoms with van der Waals surface area (Å²) in [7, 11) is 0. The number of H-pyrrole nitrogens is 1. The molecule has 1 saturated carbocycles. The van der Waals surface area contributed by atoms with Gasteiger partial charge in [-0.25, -0.2) is 14.8 Å². The number of unbranched alkanes of at least 4 members (excludes halogenated alkanes) is 1. The van der Waals surface area contributed by atoms with Crippen LogP contribution in [0.3, 0.4) is 0 Å². The molecule has 3 N–H and O–H groups in total. The van der Waals surface area contributed by atoms with Crippen LogP contribution in [0.25, 0.3) is 0 Å². The topological polar surface area (TPSA) is 133 Å². The van der Waals surface area contributed by atoms with Gasteiger partial charge in [-0.05, 0) is 25.3 Å². The first-order valence-corrected chi connectivity index (χ1v) is 12.2. The van der Waals surface area contributed by atoms with Crippen LogP contribution in [0.1, 0.15) is 45.4 Å². The Bertz CT molecular complexity index is 1090. The molecule has 2 aromatic heterocycles. The third-order valence-corrected chi connectivity index (χ3v) is 6.71. The summed E-state index contributed by atoms with van der Waals surface area (Å²) in [6, 6.07) is 1.70. The number of nitrogen functional groups attached to an aromatic ring is 1. The first-order valence-electron chi connectivity index (χ1n) is 12.2. The molecule has 0 aromatic carbocycles. The number of aromatic nitrogens is 4. The highest BCUT2D eigenvalue weighted by molar-refractivity contribution is 5.97. The second-order valence-electron chi connectivity index (χ2n) is 9.01. The third-order valence-electron chi connectivity index (χ3n) is 6.71. The van der Waals surface area contributed by atoms with Gasteiger partial charge in [-0.2, -0.15) is 0 Å². The van der Waals surface area contributed by atoms with Gasteiger partial charge in [0.15, 0.2) is 5.69 Å². The van der Waals surface area contributed by atoms with Crippen molar-refractivity contribution in [1.29, 1.82) is 0 Å². The molecular weight excluding hydrogens is 436 g/mol. The van der Waals surface area contributed by atoms with Crippen LogP contribution in [-0.4, -0.2) is 69.1 Å². The van der Waals surface area contributed by atoms with Gasteiger partial charge in [0.2, 0.25) is 11.9 Å². The standard InChI is InChI=1S/C23H34N8O3/c1-2-3-11-30-20(24)19(21(33)27-23(30)34)31(17-7-4-5-8-17)18(32)16-28-12-14-29(15-13-28)22-25-9-6-10-26-22/h6,9-10,17H,2-5,7-8,11-16,24H2,1H3,(H,27,33,34). The molecule has 2 fully saturated rings. The number of piperazine rings is 1. The van der Waals surface area contributed by atoms with Crippen molar-refractivity contribution in [2.75, 3.05) is 48.3 Å². The molecule has 1 aliphatic heterocycles. The number of carbonyl (C=O) groups excluding carboxylic acids is 1. The zero-order valence-electron chi connectivity index (χ0n) is 19.8. The van der Waals surface area contributed by atoms with Crippen LogP contribution in [0.4, 0.5) is 17.5 Å². The highest BCUT2D eigenvalue weighted by atomic mass is 16.2. The molecule has 184 valence electrons. The molecule has 0 unspecified atom stereocenters. The number of carbonyl (C=O) groups is 1. The molecule has 1 saturated heterocycles. The molecule has 11 nitrogen and oxygen atoms in total. The van der Waals surface area contributed by atoms with E-state index >= 15 is 0 Å². The van der Waals surface area contributed by atoms with Gasteiger partial charge in [0.25, 0.3) is 5.56 Å². The van der Waals surface area contributed by atoms with E-state index in [9.17, 15) is 14.4 Å². The normalized spacial score (nSPS) is 17.3. The van der Waals surface area contributed by atoms with Gasteiger partial charge >= 0.3 is 5.69 Å². The number of nitrogens with one attached hydrogen (secondary N) is 1. The SMILES string of the molecule is CCCCn1c(N)c(N(C(=O)CN2CCN(c3ncccn3)CC2)C2CCCC2)c(=O)[nH]c1=O. The van der Waals surface area contributed by atoms with E-state index in [1.54, 1.807) is 23.4 Å². The lowest BCUT2D eigenvalue weighted by Crippen LogP contribution is -2.53. The van der Waals surface area contributed by atoms with Crippen LogP contribution >= 0.6 is 0 Å². The zero-order chi connectivity index (χ0) is 24.1. The van der Waals surface area contributed by atoms with Crippen molar-refractivity contribution in [3.63, 3.8) is 0 Å². The van der Waals surface area contributed by atoms with E-state index in [4.69, 9.17) is 5.73 Å². The maximum absolute atomic E-state index is 13.6. The average Bonchev–Trinajstić information content (AvgIpc) is 3.37. The average molecular weight is 471 g/mol. The summed E-state index contributed by atoms with van der Waals surface area (Å²) in [6.07, 6.45) is 8.71. The monoisotopic (exact) mass is 470 g/mol. The van der Waals surface area contributed by atoms with E-state index in [1.807, 2.05) is 6.92 Å². The van der Waals surface area contributed by atoms with E-state index in [-0.39, 0.29) is 30.0 Å². The number of rotatable bonds is 8. The summed E-state index contributed by atoms with van der Waals surface area (Å²) >= 11 is 0. The summed E-state index contributed by atoms with van der Waals surface area (Å²) in [5.74, 6) is 0.609. The van der Waals surface area contributed by atoms with Crippen LogP contribution in [0, 0.1) is 0 Å². The number of hydrogen-bond acceptors (Lipinski definition) is 8. The predicted octanol–water partition coefficient (Wildman–Crippen LogP) is 0.807. The maximum atomic E-state index is 13.6. The van der Waals surface area contributed by atoms with Gasteiger partial charge in [0, 0.05) is 51.2 Å². The lowest BCUT2D eigenvalue weighted by atomic mass is 10.1. The fraction of sp³-hybridized carbons (Fsp3) is 0.609. The Morgan fingerprint density at radius 3 is 2.47 bits per heavy atom. The van der Waals surface area contributed by atoms with Crippen molar-refractivity contribution in [2.24, 2.45) is 0 Å². The molecule has 34 heavy (non-hydrogen) atoms. The summed E-state index contributed by atoms with van der Waals surface area (Å²) < 4.78 is 1.38. The Morgan fingerprint density at radius 1 is 1.15 bits per heavy atom. The number of hydrogen-bond donors (Lipinski definition) is 2. The molecule has 2 aliphatic rings. The molecule has 3 heterocycles. The molecule has 1 amide bonds. The van der Waals surface area contributed by atoms with E-state index < -0.39 is 11.2 Å². The maximum Gasteiger partial charge on any atom is 0.330 e. The van der Waals surface area contributed by atoms with Gasteiger partial charge in [-0.3, -0.25) is 24.0 Å². The number of anilines is 3. The molecule has 0 bridgehead atoms. The minimum atomic E-state index is -0.596. The van der Waals surface area contributed by atoms with Gasteiger partial charge in [-0.1, -0.05) is 26.2 Å². The Hall–Kier alpha value is -3.21. The summed E-state index contributed by atoms with van der Waals surface area (Å²) in [6.45, 7) is 5.41. The number of amides is 1. The van der Waals surface area contributed by atoms with Crippen molar-refractivity contribution in [1.82, 2.24) is 24.4 Å². The molecule has 4 rings (SSSR count). The first-order chi connectivity index (χ1) is 16.5.